The monoisotopic (exact) mass is 316 g/mol. The molecular formula is C17H24N4O2. The van der Waals surface area contributed by atoms with Crippen LogP contribution in [0.25, 0.3) is 0 Å². The second kappa shape index (κ2) is 7.10. The molecule has 23 heavy (non-hydrogen) atoms. The van der Waals surface area contributed by atoms with E-state index >= 15 is 0 Å². The van der Waals surface area contributed by atoms with E-state index in [9.17, 15) is 5.11 Å². The largest absolute Gasteiger partial charge is 0.508 e. The summed E-state index contributed by atoms with van der Waals surface area (Å²) in [6.45, 7) is 4.28. The predicted octanol–water partition coefficient (Wildman–Crippen LogP) is 1.74. The van der Waals surface area contributed by atoms with Crippen molar-refractivity contribution >= 4 is 0 Å². The van der Waals surface area contributed by atoms with Gasteiger partial charge >= 0.3 is 0 Å². The Morgan fingerprint density at radius 1 is 1.22 bits per heavy atom. The zero-order valence-electron chi connectivity index (χ0n) is 13.5. The van der Waals surface area contributed by atoms with Crippen LogP contribution in [0.3, 0.4) is 0 Å². The minimum Gasteiger partial charge on any atom is -0.508 e. The summed E-state index contributed by atoms with van der Waals surface area (Å²) in [5.74, 6) is 0.317. The van der Waals surface area contributed by atoms with Crippen molar-refractivity contribution in [2.24, 2.45) is 0 Å². The van der Waals surface area contributed by atoms with Crippen LogP contribution in [0.4, 0.5) is 0 Å². The lowest BCUT2D eigenvalue weighted by Crippen LogP contribution is -2.41. The van der Waals surface area contributed by atoms with Gasteiger partial charge in [-0.1, -0.05) is 17.3 Å². The first-order chi connectivity index (χ1) is 11.2. The Kier molecular flexibility index (Phi) is 4.93. The fourth-order valence-electron chi connectivity index (χ4n) is 3.26. The van der Waals surface area contributed by atoms with Crippen LogP contribution in [0.1, 0.15) is 37.1 Å². The third-order valence-electron chi connectivity index (χ3n) is 4.68. The van der Waals surface area contributed by atoms with E-state index in [4.69, 9.17) is 5.11 Å². The van der Waals surface area contributed by atoms with Gasteiger partial charge in [0.2, 0.25) is 0 Å². The molecule has 2 aromatic rings. The van der Waals surface area contributed by atoms with Crippen molar-refractivity contribution < 1.29 is 10.2 Å². The number of aliphatic hydroxyl groups excluding tert-OH is 1. The molecule has 0 saturated carbocycles. The van der Waals surface area contributed by atoms with Gasteiger partial charge in [0.05, 0.1) is 18.8 Å². The Balaban J connectivity index is 1.52. The molecule has 1 unspecified atom stereocenters. The van der Waals surface area contributed by atoms with E-state index < -0.39 is 0 Å². The van der Waals surface area contributed by atoms with Gasteiger partial charge in [-0.15, -0.1) is 5.10 Å². The van der Waals surface area contributed by atoms with Crippen LogP contribution in [0, 0.1) is 0 Å². The summed E-state index contributed by atoms with van der Waals surface area (Å²) in [5, 5.41) is 26.5. The summed E-state index contributed by atoms with van der Waals surface area (Å²) in [6.07, 6.45) is 4.94. The van der Waals surface area contributed by atoms with Gasteiger partial charge in [-0.05, 0) is 43.9 Å². The summed E-state index contributed by atoms with van der Waals surface area (Å²) in [6, 6.07) is 8.33. The van der Waals surface area contributed by atoms with Crippen molar-refractivity contribution in [3.05, 3.63) is 41.7 Å². The number of piperidine rings is 1. The van der Waals surface area contributed by atoms with E-state index in [0.717, 1.165) is 32.4 Å². The van der Waals surface area contributed by atoms with Crippen molar-refractivity contribution in [1.82, 2.24) is 19.9 Å². The molecule has 0 spiro atoms. The third kappa shape index (κ3) is 3.89. The maximum atomic E-state index is 9.36. The first-order valence-corrected chi connectivity index (χ1v) is 8.19. The quantitative estimate of drug-likeness (QED) is 0.879. The molecule has 2 N–H and O–H groups in total. The molecule has 124 valence electrons. The van der Waals surface area contributed by atoms with E-state index in [-0.39, 0.29) is 6.61 Å². The molecular weight excluding hydrogens is 292 g/mol. The van der Waals surface area contributed by atoms with Gasteiger partial charge in [0.15, 0.2) is 0 Å². The molecule has 0 amide bonds. The molecule has 1 aromatic heterocycles. The number of nitrogens with zero attached hydrogens (tertiary/aromatic N) is 4. The molecule has 3 rings (SSSR count). The topological polar surface area (TPSA) is 74.4 Å². The molecule has 6 heteroatoms. The van der Waals surface area contributed by atoms with Crippen molar-refractivity contribution in [3.63, 3.8) is 0 Å². The molecule has 1 aromatic carbocycles. The Labute approximate surface area is 136 Å². The van der Waals surface area contributed by atoms with Gasteiger partial charge in [-0.25, -0.2) is 4.68 Å². The number of likely N-dealkylation sites (tertiary alicyclic amines) is 1. The first-order valence-electron chi connectivity index (χ1n) is 8.19. The number of aliphatic hydroxyl groups is 1. The number of aromatic nitrogens is 3. The highest BCUT2D eigenvalue weighted by molar-refractivity contribution is 5.26. The minimum absolute atomic E-state index is 0.0531. The van der Waals surface area contributed by atoms with Gasteiger partial charge in [-0.2, -0.15) is 0 Å². The second-order valence-electron chi connectivity index (χ2n) is 6.33. The van der Waals surface area contributed by atoms with Crippen molar-refractivity contribution in [2.45, 2.75) is 44.9 Å². The van der Waals surface area contributed by atoms with Crippen molar-refractivity contribution in [3.8, 4) is 5.75 Å². The lowest BCUT2D eigenvalue weighted by Gasteiger charge is -2.36. The van der Waals surface area contributed by atoms with Crippen LogP contribution in [0.2, 0.25) is 0 Å². The molecule has 6 nitrogen and oxygen atoms in total. The Morgan fingerprint density at radius 2 is 1.91 bits per heavy atom. The molecule has 1 aliphatic heterocycles. The predicted molar refractivity (Wildman–Crippen MR) is 87.1 cm³/mol. The summed E-state index contributed by atoms with van der Waals surface area (Å²) in [4.78, 5) is 2.51. The highest BCUT2D eigenvalue weighted by Crippen LogP contribution is 2.24. The van der Waals surface area contributed by atoms with Gasteiger partial charge in [0.25, 0.3) is 0 Å². The van der Waals surface area contributed by atoms with Crippen LogP contribution < -0.4 is 0 Å². The normalized spacial score (nSPS) is 18.2. The highest BCUT2D eigenvalue weighted by atomic mass is 16.3. The van der Waals surface area contributed by atoms with Gasteiger partial charge in [0, 0.05) is 19.1 Å². The minimum atomic E-state index is -0.0531. The zero-order valence-corrected chi connectivity index (χ0v) is 13.5. The van der Waals surface area contributed by atoms with Crippen molar-refractivity contribution in [2.75, 3.05) is 13.1 Å². The number of phenolic OH excluding ortho intramolecular Hbond substituents is 1. The van der Waals surface area contributed by atoms with Crippen LogP contribution in [0.5, 0.6) is 5.75 Å². The van der Waals surface area contributed by atoms with E-state index in [1.807, 2.05) is 23.0 Å². The molecule has 1 saturated heterocycles. The summed E-state index contributed by atoms with van der Waals surface area (Å²) >= 11 is 0. The molecule has 1 aliphatic rings. The number of hydrogen-bond acceptors (Lipinski definition) is 5. The zero-order chi connectivity index (χ0) is 16.2. The molecule has 1 fully saturated rings. The fraction of sp³-hybridized carbons (Fsp3) is 0.529. The molecule has 0 radical (unpaired) electrons. The molecule has 1 atom stereocenters. The standard InChI is InChI=1S/C17H24N4O2/c1-13(10-14-2-4-17(23)5-3-14)20-8-6-16(7-9-20)21-11-15(12-22)18-19-21/h2-5,11,13,16,22-23H,6-10,12H2,1H3. The van der Waals surface area contributed by atoms with E-state index in [1.54, 1.807) is 12.1 Å². The number of hydrogen-bond donors (Lipinski definition) is 2. The Bertz CT molecular complexity index is 618. The lowest BCUT2D eigenvalue weighted by atomic mass is 10.0. The SMILES string of the molecule is CC(Cc1ccc(O)cc1)N1CCC(n2cc(CO)nn2)CC1. The van der Waals surface area contributed by atoms with Crippen LogP contribution in [-0.2, 0) is 13.0 Å². The van der Waals surface area contributed by atoms with Gasteiger partial charge in [-0.3, -0.25) is 0 Å². The first kappa shape index (κ1) is 16.0. The summed E-state index contributed by atoms with van der Waals surface area (Å²) in [7, 11) is 0. The lowest BCUT2D eigenvalue weighted by molar-refractivity contribution is 0.137. The Hall–Kier alpha value is -1.92. The average Bonchev–Trinajstić information content (AvgIpc) is 3.06. The number of benzene rings is 1. The van der Waals surface area contributed by atoms with E-state index in [0.29, 0.717) is 23.5 Å². The third-order valence-corrected chi connectivity index (χ3v) is 4.68. The number of phenols is 1. The Morgan fingerprint density at radius 3 is 2.52 bits per heavy atom. The van der Waals surface area contributed by atoms with Gasteiger partial charge in [0.1, 0.15) is 11.4 Å². The molecule has 0 aliphatic carbocycles. The molecule has 0 bridgehead atoms. The van der Waals surface area contributed by atoms with E-state index in [1.165, 1.54) is 5.56 Å². The summed E-state index contributed by atoms with van der Waals surface area (Å²) < 4.78 is 1.90. The highest BCUT2D eigenvalue weighted by Gasteiger charge is 2.24. The maximum Gasteiger partial charge on any atom is 0.115 e. The number of rotatable bonds is 5. The fourth-order valence-corrected chi connectivity index (χ4v) is 3.26. The van der Waals surface area contributed by atoms with E-state index in [2.05, 4.69) is 22.1 Å². The molecule has 2 heterocycles. The van der Waals surface area contributed by atoms with Crippen LogP contribution in [-0.4, -0.2) is 49.2 Å². The average molecular weight is 316 g/mol. The van der Waals surface area contributed by atoms with Gasteiger partial charge < -0.3 is 15.1 Å². The smallest absolute Gasteiger partial charge is 0.115 e. The second-order valence-corrected chi connectivity index (χ2v) is 6.33. The van der Waals surface area contributed by atoms with Crippen LogP contribution in [0.15, 0.2) is 30.5 Å². The van der Waals surface area contributed by atoms with Crippen molar-refractivity contribution in [1.29, 1.82) is 0 Å². The number of aromatic hydroxyl groups is 1. The maximum absolute atomic E-state index is 9.36. The summed E-state index contributed by atoms with van der Waals surface area (Å²) in [5.41, 5.74) is 1.88. The van der Waals surface area contributed by atoms with Crippen LogP contribution >= 0.6 is 0 Å².